The number of hydrogen-bond acceptors (Lipinski definition) is 8. The van der Waals surface area contributed by atoms with Crippen LogP contribution < -0.4 is 15.0 Å². The second-order valence-electron chi connectivity index (χ2n) is 8.50. The normalized spacial score (nSPS) is 24.0. The van der Waals surface area contributed by atoms with Gasteiger partial charge in [0.15, 0.2) is 11.6 Å². The Morgan fingerprint density at radius 2 is 2.00 bits per heavy atom. The Balaban J connectivity index is 1.36. The number of pyridine rings is 1. The van der Waals surface area contributed by atoms with Crippen LogP contribution >= 0.6 is 0 Å². The van der Waals surface area contributed by atoms with Crippen LogP contribution in [0.3, 0.4) is 0 Å². The van der Waals surface area contributed by atoms with E-state index in [0.717, 1.165) is 12.8 Å². The van der Waals surface area contributed by atoms with Crippen molar-refractivity contribution >= 4 is 5.82 Å². The Morgan fingerprint density at radius 3 is 2.73 bits per heavy atom. The summed E-state index contributed by atoms with van der Waals surface area (Å²) in [5.41, 5.74) is 1.47. The molecule has 8 nitrogen and oxygen atoms in total. The van der Waals surface area contributed by atoms with Gasteiger partial charge >= 0.3 is 0 Å². The third-order valence-electron chi connectivity index (χ3n) is 6.51. The van der Waals surface area contributed by atoms with Gasteiger partial charge in [0.25, 0.3) is 0 Å². The van der Waals surface area contributed by atoms with E-state index in [4.69, 9.17) is 4.74 Å². The summed E-state index contributed by atoms with van der Waals surface area (Å²) < 4.78 is 33.6. The number of phenols is 1. The Bertz CT molecular complexity index is 1160. The lowest BCUT2D eigenvalue weighted by molar-refractivity contribution is 0.176. The number of rotatable bonds is 5. The van der Waals surface area contributed by atoms with E-state index in [9.17, 15) is 13.9 Å². The number of methoxy groups -OCH3 is 1. The number of anilines is 1. The summed E-state index contributed by atoms with van der Waals surface area (Å²) >= 11 is 0. The zero-order valence-corrected chi connectivity index (χ0v) is 18.2. The largest absolute Gasteiger partial charge is 0.507 e. The number of nitrogens with zero attached hydrogens (tertiary/aromatic N) is 5. The molecule has 3 aromatic rings. The maximum Gasteiger partial charge on any atom is 0.216 e. The molecule has 2 fully saturated rings. The molecule has 1 aromatic carbocycles. The fraction of sp³-hybridized carbons (Fsp3) is 0.391. The van der Waals surface area contributed by atoms with Crippen LogP contribution in [0.2, 0.25) is 0 Å². The van der Waals surface area contributed by atoms with E-state index in [0.29, 0.717) is 35.0 Å². The topological polar surface area (TPSA) is 96.3 Å². The fourth-order valence-corrected chi connectivity index (χ4v) is 4.72. The van der Waals surface area contributed by atoms with E-state index in [1.807, 2.05) is 7.05 Å². The van der Waals surface area contributed by atoms with Crippen LogP contribution in [-0.2, 0) is 0 Å². The van der Waals surface area contributed by atoms with Gasteiger partial charge in [-0.25, -0.2) is 9.37 Å². The van der Waals surface area contributed by atoms with Crippen LogP contribution in [0.15, 0.2) is 36.5 Å². The molecular weight excluding hydrogens is 430 g/mol. The highest BCUT2D eigenvalue weighted by molar-refractivity contribution is 5.73. The maximum atomic E-state index is 14.9. The first kappa shape index (κ1) is 21.4. The van der Waals surface area contributed by atoms with Crippen molar-refractivity contribution in [1.29, 1.82) is 0 Å². The van der Waals surface area contributed by atoms with Crippen LogP contribution in [0.4, 0.5) is 14.6 Å². The van der Waals surface area contributed by atoms with Gasteiger partial charge in [-0.2, -0.15) is 9.37 Å². The highest BCUT2D eigenvalue weighted by Crippen LogP contribution is 2.35. The molecule has 172 valence electrons. The molecule has 0 aliphatic carbocycles. The first-order valence-corrected chi connectivity index (χ1v) is 10.8. The molecule has 2 bridgehead atoms. The number of hydrogen-bond donors (Lipinski definition) is 2. The van der Waals surface area contributed by atoms with Crippen LogP contribution in [0, 0.1) is 5.95 Å². The molecule has 0 amide bonds. The molecule has 0 saturated carbocycles. The monoisotopic (exact) mass is 454 g/mol. The van der Waals surface area contributed by atoms with E-state index in [-0.39, 0.29) is 29.5 Å². The summed E-state index contributed by atoms with van der Waals surface area (Å²) in [7, 11) is 3.21. The third kappa shape index (κ3) is 4.06. The van der Waals surface area contributed by atoms with Crippen molar-refractivity contribution < 1.29 is 18.6 Å². The van der Waals surface area contributed by atoms with Gasteiger partial charge in [-0.3, -0.25) is 0 Å². The van der Waals surface area contributed by atoms with Crippen LogP contribution in [0.5, 0.6) is 11.6 Å². The number of benzene rings is 1. The summed E-state index contributed by atoms with van der Waals surface area (Å²) in [5.74, 6) is 0.0842. The zero-order chi connectivity index (χ0) is 23.1. The van der Waals surface area contributed by atoms with Crippen LogP contribution in [0.1, 0.15) is 19.3 Å². The smallest absolute Gasteiger partial charge is 0.216 e. The molecule has 2 aliphatic heterocycles. The van der Waals surface area contributed by atoms with Gasteiger partial charge in [-0.05, 0) is 42.5 Å². The van der Waals surface area contributed by atoms with Crippen molar-refractivity contribution in [3.8, 4) is 34.1 Å². The minimum atomic E-state index is -0.983. The number of aromatic nitrogens is 4. The Hall–Kier alpha value is -3.40. The number of ether oxygens (including phenoxy) is 1. The van der Waals surface area contributed by atoms with Gasteiger partial charge in [0.05, 0.1) is 24.9 Å². The molecule has 5 rings (SSSR count). The first-order valence-electron chi connectivity index (χ1n) is 10.8. The number of aromatic hydroxyl groups is 1. The summed E-state index contributed by atoms with van der Waals surface area (Å²) in [5, 5.41) is 22.3. The van der Waals surface area contributed by atoms with E-state index in [2.05, 4.69) is 25.5 Å². The summed E-state index contributed by atoms with van der Waals surface area (Å²) in [6.45, 7) is 0. The molecule has 10 heteroatoms. The van der Waals surface area contributed by atoms with Gasteiger partial charge in [0, 0.05) is 31.3 Å². The molecule has 0 unspecified atom stereocenters. The summed E-state index contributed by atoms with van der Waals surface area (Å²) in [4.78, 5) is 9.77. The Morgan fingerprint density at radius 1 is 1.15 bits per heavy atom. The van der Waals surface area contributed by atoms with Crippen LogP contribution in [0.25, 0.3) is 22.5 Å². The highest BCUT2D eigenvalue weighted by atomic mass is 19.1. The number of alkyl halides is 1. The number of nitrogens with one attached hydrogen (secondary N) is 1. The predicted octanol–water partition coefficient (Wildman–Crippen LogP) is 3.12. The lowest BCUT2D eigenvalue weighted by Crippen LogP contribution is -2.55. The molecule has 4 heterocycles. The molecular formula is C23H24F2N6O2. The van der Waals surface area contributed by atoms with Gasteiger partial charge in [0.2, 0.25) is 11.8 Å². The molecule has 33 heavy (non-hydrogen) atoms. The minimum Gasteiger partial charge on any atom is -0.507 e. The highest BCUT2D eigenvalue weighted by Gasteiger charge is 2.43. The van der Waals surface area contributed by atoms with Crippen molar-refractivity contribution in [1.82, 2.24) is 25.5 Å². The number of piperidine rings is 1. The predicted molar refractivity (Wildman–Crippen MR) is 118 cm³/mol. The molecule has 2 N–H and O–H groups in total. The average Bonchev–Trinajstić information content (AvgIpc) is 3.24. The quantitative estimate of drug-likeness (QED) is 0.568. The van der Waals surface area contributed by atoms with E-state index >= 15 is 0 Å². The number of halogens is 2. The Kier molecular flexibility index (Phi) is 5.53. The average molecular weight is 454 g/mol. The van der Waals surface area contributed by atoms with Crippen molar-refractivity contribution in [2.45, 2.75) is 43.6 Å². The molecule has 4 atom stereocenters. The standard InChI is InChI=1S/C23H24F2N6O2/c1-31(17-10-14-4-6-16(27-14)22(17)25)20-11-26-23(30-29-20)15-5-3-12(7-18(15)32)13-8-19(24)28-21(9-13)33-2/h3,5,7-9,11,14,16-17,22,27,32H,4,6,10H2,1-2H3/t14-,16+,17+,22-/m1/s1. The molecule has 0 radical (unpaired) electrons. The molecule has 2 aliphatic rings. The summed E-state index contributed by atoms with van der Waals surface area (Å²) in [6.07, 6.45) is 3.11. The van der Waals surface area contributed by atoms with Crippen molar-refractivity contribution in [2.75, 3.05) is 19.1 Å². The van der Waals surface area contributed by atoms with E-state index in [1.165, 1.54) is 25.4 Å². The molecule has 2 aromatic heterocycles. The van der Waals surface area contributed by atoms with Crippen molar-refractivity contribution in [2.24, 2.45) is 0 Å². The van der Waals surface area contributed by atoms with Crippen LogP contribution in [-0.4, -0.2) is 63.7 Å². The van der Waals surface area contributed by atoms with Gasteiger partial charge in [-0.1, -0.05) is 6.07 Å². The third-order valence-corrected chi connectivity index (χ3v) is 6.51. The Labute approximate surface area is 189 Å². The molecule has 2 saturated heterocycles. The molecule has 0 spiro atoms. The second kappa shape index (κ2) is 8.51. The maximum absolute atomic E-state index is 14.9. The van der Waals surface area contributed by atoms with E-state index < -0.39 is 12.1 Å². The minimum absolute atomic E-state index is 0.0784. The van der Waals surface area contributed by atoms with Gasteiger partial charge in [-0.15, -0.1) is 10.2 Å². The lowest BCUT2D eigenvalue weighted by Gasteiger charge is -2.38. The second-order valence-corrected chi connectivity index (χ2v) is 8.50. The van der Waals surface area contributed by atoms with Crippen molar-refractivity contribution in [3.63, 3.8) is 0 Å². The zero-order valence-electron chi connectivity index (χ0n) is 18.2. The lowest BCUT2D eigenvalue weighted by atomic mass is 9.96. The van der Waals surface area contributed by atoms with E-state index in [1.54, 1.807) is 23.1 Å². The van der Waals surface area contributed by atoms with Crippen molar-refractivity contribution in [3.05, 3.63) is 42.5 Å². The van der Waals surface area contributed by atoms with Gasteiger partial charge < -0.3 is 20.1 Å². The fourth-order valence-electron chi connectivity index (χ4n) is 4.72. The van der Waals surface area contributed by atoms with Gasteiger partial charge in [0.1, 0.15) is 11.9 Å². The number of fused-ring (bicyclic) bond motifs is 2. The first-order chi connectivity index (χ1) is 15.9. The summed E-state index contributed by atoms with van der Waals surface area (Å²) in [6, 6.07) is 7.61. The SMILES string of the molecule is COc1cc(-c2ccc(-c3ncc(N(C)[C@H]4C[C@H]5CC[C@H](N5)[C@H]4F)nn3)c(O)c2)cc(F)n1. The number of phenolic OH excluding ortho intramolecular Hbond substituents is 1.